The first-order valence-electron chi connectivity index (χ1n) is 6.87. The van der Waals surface area contributed by atoms with Gasteiger partial charge in [0.2, 0.25) is 0 Å². The van der Waals surface area contributed by atoms with Crippen molar-refractivity contribution in [2.45, 2.75) is 37.8 Å². The number of hydrogen-bond acceptors (Lipinski definition) is 3. The predicted octanol–water partition coefficient (Wildman–Crippen LogP) is 1.44. The van der Waals surface area contributed by atoms with E-state index in [0.29, 0.717) is 12.1 Å². The molecule has 0 heterocycles. The molecule has 1 aromatic carbocycles. The van der Waals surface area contributed by atoms with E-state index in [4.69, 9.17) is 0 Å². The summed E-state index contributed by atoms with van der Waals surface area (Å²) in [5.74, 6) is -0.0697. The minimum Gasteiger partial charge on any atom is -0.389 e. The summed E-state index contributed by atoms with van der Waals surface area (Å²) in [7, 11) is 1.63. The van der Waals surface area contributed by atoms with Crippen LogP contribution in [0, 0.1) is 0 Å². The van der Waals surface area contributed by atoms with Crippen molar-refractivity contribution < 1.29 is 9.90 Å². The van der Waals surface area contributed by atoms with Crippen LogP contribution in [0.15, 0.2) is 24.3 Å². The predicted molar refractivity (Wildman–Crippen MR) is 75.0 cm³/mol. The largest absolute Gasteiger partial charge is 0.389 e. The van der Waals surface area contributed by atoms with Crippen molar-refractivity contribution in [1.82, 2.24) is 10.6 Å². The summed E-state index contributed by atoms with van der Waals surface area (Å²) in [6, 6.07) is 7.52. The van der Waals surface area contributed by atoms with Crippen molar-refractivity contribution in [3.8, 4) is 0 Å². The zero-order chi connectivity index (χ0) is 13.7. The fourth-order valence-electron chi connectivity index (χ4n) is 2.57. The molecule has 104 valence electrons. The average molecular weight is 262 g/mol. The van der Waals surface area contributed by atoms with Crippen molar-refractivity contribution in [3.63, 3.8) is 0 Å². The molecule has 0 aromatic heterocycles. The average Bonchev–Trinajstić information content (AvgIpc) is 2.86. The van der Waals surface area contributed by atoms with Crippen LogP contribution in [-0.4, -0.2) is 30.2 Å². The lowest BCUT2D eigenvalue weighted by Crippen LogP contribution is -2.37. The molecule has 0 aliphatic heterocycles. The van der Waals surface area contributed by atoms with Crippen molar-refractivity contribution in [1.29, 1.82) is 0 Å². The highest BCUT2D eigenvalue weighted by Gasteiger charge is 2.30. The van der Waals surface area contributed by atoms with Crippen molar-refractivity contribution in [2.24, 2.45) is 0 Å². The smallest absolute Gasteiger partial charge is 0.251 e. The molecule has 2 rings (SSSR count). The molecule has 4 nitrogen and oxygen atoms in total. The van der Waals surface area contributed by atoms with Crippen LogP contribution in [-0.2, 0) is 6.54 Å². The fraction of sp³-hybridized carbons (Fsp3) is 0.533. The number of benzene rings is 1. The number of hydrogen-bond donors (Lipinski definition) is 3. The highest BCUT2D eigenvalue weighted by molar-refractivity contribution is 5.93. The molecule has 1 fully saturated rings. The molecule has 0 spiro atoms. The third kappa shape index (κ3) is 3.78. The van der Waals surface area contributed by atoms with Gasteiger partial charge in [-0.3, -0.25) is 4.79 Å². The van der Waals surface area contributed by atoms with Gasteiger partial charge in [0.05, 0.1) is 5.60 Å². The lowest BCUT2D eigenvalue weighted by atomic mass is 10.0. The van der Waals surface area contributed by atoms with Gasteiger partial charge in [-0.2, -0.15) is 0 Å². The van der Waals surface area contributed by atoms with Gasteiger partial charge < -0.3 is 15.7 Å². The lowest BCUT2D eigenvalue weighted by molar-refractivity contribution is 0.0475. The summed E-state index contributed by atoms with van der Waals surface area (Å²) in [5.41, 5.74) is 1.28. The van der Waals surface area contributed by atoms with Crippen molar-refractivity contribution in [3.05, 3.63) is 35.4 Å². The molecule has 1 amide bonds. The molecule has 1 aromatic rings. The van der Waals surface area contributed by atoms with Gasteiger partial charge in [0.15, 0.2) is 0 Å². The second-order valence-electron chi connectivity index (χ2n) is 5.31. The molecule has 0 radical (unpaired) electrons. The Kier molecular flexibility index (Phi) is 4.56. The molecule has 0 unspecified atom stereocenters. The van der Waals surface area contributed by atoms with Crippen molar-refractivity contribution >= 4 is 5.91 Å². The number of carbonyl (C=O) groups is 1. The Labute approximate surface area is 114 Å². The topological polar surface area (TPSA) is 61.4 Å². The third-order valence-corrected chi connectivity index (χ3v) is 3.76. The Morgan fingerprint density at radius 1 is 1.26 bits per heavy atom. The molecule has 1 aliphatic rings. The van der Waals surface area contributed by atoms with Crippen LogP contribution in [0.5, 0.6) is 0 Å². The molecule has 4 heteroatoms. The number of amides is 1. The van der Waals surface area contributed by atoms with E-state index in [1.54, 1.807) is 7.05 Å². The van der Waals surface area contributed by atoms with Crippen LogP contribution < -0.4 is 10.6 Å². The minimum absolute atomic E-state index is 0.0697. The number of rotatable bonds is 5. The SMILES string of the molecule is CNC(=O)c1ccc(CNCC2(O)CCCC2)cc1. The summed E-state index contributed by atoms with van der Waals surface area (Å²) >= 11 is 0. The number of aliphatic hydroxyl groups is 1. The first-order valence-corrected chi connectivity index (χ1v) is 6.87. The Bertz CT molecular complexity index is 422. The Balaban J connectivity index is 1.81. The van der Waals surface area contributed by atoms with Gasteiger partial charge in [-0.05, 0) is 30.5 Å². The normalized spacial score (nSPS) is 17.4. The standard InChI is InChI=1S/C15H22N2O2/c1-16-14(18)13-6-4-12(5-7-13)10-17-11-15(19)8-2-3-9-15/h4-7,17,19H,2-3,8-11H2,1H3,(H,16,18). The van der Waals surface area contributed by atoms with E-state index in [2.05, 4.69) is 10.6 Å². The van der Waals surface area contributed by atoms with Gasteiger partial charge in [0.25, 0.3) is 5.91 Å². The lowest BCUT2D eigenvalue weighted by Gasteiger charge is -2.22. The highest BCUT2D eigenvalue weighted by atomic mass is 16.3. The summed E-state index contributed by atoms with van der Waals surface area (Å²) in [5, 5.41) is 16.1. The van der Waals surface area contributed by atoms with Gasteiger partial charge in [-0.15, -0.1) is 0 Å². The van der Waals surface area contributed by atoms with E-state index in [1.807, 2.05) is 24.3 Å². The molecule has 1 saturated carbocycles. The number of nitrogens with one attached hydrogen (secondary N) is 2. The molecular weight excluding hydrogens is 240 g/mol. The fourth-order valence-corrected chi connectivity index (χ4v) is 2.57. The van der Waals surface area contributed by atoms with Gasteiger partial charge >= 0.3 is 0 Å². The van der Waals surface area contributed by atoms with E-state index in [1.165, 1.54) is 0 Å². The van der Waals surface area contributed by atoms with Crippen LogP contribution in [0.4, 0.5) is 0 Å². The third-order valence-electron chi connectivity index (χ3n) is 3.76. The summed E-state index contributed by atoms with van der Waals surface area (Å²) in [6.45, 7) is 1.36. The van der Waals surface area contributed by atoms with E-state index in [9.17, 15) is 9.90 Å². The van der Waals surface area contributed by atoms with Crippen LogP contribution in [0.25, 0.3) is 0 Å². The molecular formula is C15H22N2O2. The monoisotopic (exact) mass is 262 g/mol. The van der Waals surface area contributed by atoms with Gasteiger partial charge in [-0.1, -0.05) is 25.0 Å². The van der Waals surface area contributed by atoms with Crippen LogP contribution >= 0.6 is 0 Å². The summed E-state index contributed by atoms with van der Waals surface area (Å²) < 4.78 is 0. The van der Waals surface area contributed by atoms with E-state index < -0.39 is 5.60 Å². The van der Waals surface area contributed by atoms with Gasteiger partial charge in [0, 0.05) is 25.7 Å². The first kappa shape index (κ1) is 14.0. The Morgan fingerprint density at radius 3 is 2.47 bits per heavy atom. The maximum atomic E-state index is 11.4. The Morgan fingerprint density at radius 2 is 1.89 bits per heavy atom. The molecule has 0 bridgehead atoms. The van der Waals surface area contributed by atoms with E-state index >= 15 is 0 Å². The van der Waals surface area contributed by atoms with E-state index in [0.717, 1.165) is 37.8 Å². The summed E-state index contributed by atoms with van der Waals surface area (Å²) in [6.07, 6.45) is 4.04. The van der Waals surface area contributed by atoms with E-state index in [-0.39, 0.29) is 5.91 Å². The second kappa shape index (κ2) is 6.17. The summed E-state index contributed by atoms with van der Waals surface area (Å²) in [4.78, 5) is 11.4. The zero-order valence-electron chi connectivity index (χ0n) is 11.4. The molecule has 19 heavy (non-hydrogen) atoms. The minimum atomic E-state index is -0.512. The Hall–Kier alpha value is -1.39. The van der Waals surface area contributed by atoms with Crippen LogP contribution in [0.3, 0.4) is 0 Å². The van der Waals surface area contributed by atoms with Gasteiger partial charge in [-0.25, -0.2) is 0 Å². The van der Waals surface area contributed by atoms with Crippen LogP contribution in [0.1, 0.15) is 41.6 Å². The van der Waals surface area contributed by atoms with Gasteiger partial charge in [0.1, 0.15) is 0 Å². The molecule has 0 atom stereocenters. The maximum Gasteiger partial charge on any atom is 0.251 e. The quantitative estimate of drug-likeness (QED) is 0.752. The number of carbonyl (C=O) groups excluding carboxylic acids is 1. The zero-order valence-corrected chi connectivity index (χ0v) is 11.4. The molecule has 3 N–H and O–H groups in total. The van der Waals surface area contributed by atoms with Crippen LogP contribution in [0.2, 0.25) is 0 Å². The maximum absolute atomic E-state index is 11.4. The molecule has 0 saturated heterocycles. The second-order valence-corrected chi connectivity index (χ2v) is 5.31. The van der Waals surface area contributed by atoms with Crippen molar-refractivity contribution in [2.75, 3.05) is 13.6 Å². The molecule has 1 aliphatic carbocycles. The highest BCUT2D eigenvalue weighted by Crippen LogP contribution is 2.28. The first-order chi connectivity index (χ1) is 9.13.